The molecule has 1 rings (SSSR count). The molecule has 120 valence electrons. The van der Waals surface area contributed by atoms with Gasteiger partial charge in [0.1, 0.15) is 18.1 Å². The van der Waals surface area contributed by atoms with E-state index in [9.17, 15) is 5.11 Å². The quantitative estimate of drug-likeness (QED) is 0.735. The molecule has 4 nitrogen and oxygen atoms in total. The Balaban J connectivity index is 2.76. The van der Waals surface area contributed by atoms with Crippen LogP contribution in [0.4, 0.5) is 0 Å². The first-order valence-corrected chi connectivity index (χ1v) is 7.60. The van der Waals surface area contributed by atoms with Crippen LogP contribution in [0.3, 0.4) is 0 Å². The zero-order chi connectivity index (χ0) is 15.9. The molecular formula is C17H29NO3. The van der Waals surface area contributed by atoms with Gasteiger partial charge < -0.3 is 19.9 Å². The van der Waals surface area contributed by atoms with E-state index in [1.165, 1.54) is 0 Å². The molecule has 0 aliphatic rings. The summed E-state index contributed by atoms with van der Waals surface area (Å²) in [5.41, 5.74) is 0.240. The fraction of sp³-hybridized carbons (Fsp3) is 0.647. The fourth-order valence-corrected chi connectivity index (χ4v) is 1.79. The first-order valence-electron chi connectivity index (χ1n) is 7.60. The van der Waals surface area contributed by atoms with E-state index >= 15 is 0 Å². The molecule has 1 aromatic rings. The smallest absolute Gasteiger partial charge is 0.124 e. The third-order valence-electron chi connectivity index (χ3n) is 3.44. The zero-order valence-corrected chi connectivity index (χ0v) is 13.9. The maximum Gasteiger partial charge on any atom is 0.124 e. The van der Waals surface area contributed by atoms with Crippen molar-refractivity contribution in [2.24, 2.45) is 5.92 Å². The number of hydrogen-bond acceptors (Lipinski definition) is 4. The Bertz CT molecular complexity index is 430. The highest BCUT2D eigenvalue weighted by Gasteiger charge is 2.19. The van der Waals surface area contributed by atoms with Gasteiger partial charge in [-0.2, -0.15) is 0 Å². The van der Waals surface area contributed by atoms with Crippen molar-refractivity contribution < 1.29 is 14.6 Å². The number of methoxy groups -OCH3 is 1. The lowest BCUT2D eigenvalue weighted by Gasteiger charge is -2.23. The van der Waals surface area contributed by atoms with Crippen LogP contribution < -0.4 is 14.8 Å². The molecule has 0 saturated heterocycles. The number of rotatable bonds is 9. The minimum absolute atomic E-state index is 0.285. The van der Waals surface area contributed by atoms with Crippen LogP contribution in [0.1, 0.15) is 39.7 Å². The van der Waals surface area contributed by atoms with Crippen molar-refractivity contribution in [3.63, 3.8) is 0 Å². The minimum Gasteiger partial charge on any atom is -0.497 e. The zero-order valence-electron chi connectivity index (χ0n) is 13.9. The van der Waals surface area contributed by atoms with Crippen LogP contribution >= 0.6 is 0 Å². The molecule has 0 aromatic heterocycles. The normalized spacial score (nSPS) is 14.0. The van der Waals surface area contributed by atoms with Crippen LogP contribution in [0.2, 0.25) is 0 Å². The van der Waals surface area contributed by atoms with Crippen LogP contribution in [0, 0.1) is 5.92 Å². The summed E-state index contributed by atoms with van der Waals surface area (Å²) in [6.07, 6.45) is 0.657. The van der Waals surface area contributed by atoms with Crippen molar-refractivity contribution in [3.05, 3.63) is 23.8 Å². The lowest BCUT2D eigenvalue weighted by atomic mass is 10.1. The fourth-order valence-electron chi connectivity index (χ4n) is 1.79. The number of hydrogen-bond donors (Lipinski definition) is 2. The summed E-state index contributed by atoms with van der Waals surface area (Å²) >= 11 is 0. The van der Waals surface area contributed by atoms with E-state index in [1.807, 2.05) is 25.1 Å². The third kappa shape index (κ3) is 6.36. The number of nitrogens with one attached hydrogen (secondary N) is 1. The van der Waals surface area contributed by atoms with Crippen molar-refractivity contribution in [2.45, 2.75) is 46.3 Å². The summed E-state index contributed by atoms with van der Waals surface area (Å²) in [6.45, 7) is 10.0. The second-order valence-electron chi connectivity index (χ2n) is 6.14. The van der Waals surface area contributed by atoms with Gasteiger partial charge in [-0.3, -0.25) is 0 Å². The first kappa shape index (κ1) is 17.8. The van der Waals surface area contributed by atoms with Crippen molar-refractivity contribution >= 4 is 0 Å². The van der Waals surface area contributed by atoms with Crippen molar-refractivity contribution in [2.75, 3.05) is 20.3 Å². The molecule has 0 spiro atoms. The molecule has 0 bridgehead atoms. The molecule has 0 fully saturated rings. The molecular weight excluding hydrogens is 266 g/mol. The lowest BCUT2D eigenvalue weighted by molar-refractivity contribution is 0.00815. The van der Waals surface area contributed by atoms with Gasteiger partial charge in [0.2, 0.25) is 0 Å². The second kappa shape index (κ2) is 8.25. The van der Waals surface area contributed by atoms with E-state index in [0.717, 1.165) is 30.2 Å². The van der Waals surface area contributed by atoms with E-state index < -0.39 is 5.60 Å². The van der Waals surface area contributed by atoms with Crippen molar-refractivity contribution in [1.29, 1.82) is 0 Å². The van der Waals surface area contributed by atoms with Crippen LogP contribution in [-0.4, -0.2) is 31.0 Å². The van der Waals surface area contributed by atoms with E-state index in [2.05, 4.69) is 19.2 Å². The highest BCUT2D eigenvalue weighted by Crippen LogP contribution is 2.25. The summed E-state index contributed by atoms with van der Waals surface area (Å²) in [4.78, 5) is 0. The number of ether oxygens (including phenoxy) is 2. The SMILES string of the molecule is CCC(C)(O)COc1ccc(OC)cc1CNCC(C)C. The molecule has 0 aliphatic heterocycles. The van der Waals surface area contributed by atoms with E-state index in [0.29, 0.717) is 12.3 Å². The largest absolute Gasteiger partial charge is 0.497 e. The molecule has 0 saturated carbocycles. The molecule has 1 unspecified atom stereocenters. The summed E-state index contributed by atoms with van der Waals surface area (Å²) in [5.74, 6) is 2.20. The van der Waals surface area contributed by atoms with Crippen molar-refractivity contribution in [1.82, 2.24) is 5.32 Å². The monoisotopic (exact) mass is 295 g/mol. The Labute approximate surface area is 128 Å². The third-order valence-corrected chi connectivity index (χ3v) is 3.44. The average molecular weight is 295 g/mol. The minimum atomic E-state index is -0.803. The van der Waals surface area contributed by atoms with Gasteiger partial charge in [-0.15, -0.1) is 0 Å². The van der Waals surface area contributed by atoms with Gasteiger partial charge in [-0.25, -0.2) is 0 Å². The Kier molecular flexibility index (Phi) is 6.99. The summed E-state index contributed by atoms with van der Waals surface area (Å²) in [6, 6.07) is 5.75. The predicted molar refractivity (Wildman–Crippen MR) is 85.9 cm³/mol. The van der Waals surface area contributed by atoms with Crippen LogP contribution in [0.15, 0.2) is 18.2 Å². The maximum atomic E-state index is 10.1. The number of aliphatic hydroxyl groups is 1. The van der Waals surface area contributed by atoms with Crippen LogP contribution in [-0.2, 0) is 6.54 Å². The van der Waals surface area contributed by atoms with Gasteiger partial charge in [0.25, 0.3) is 0 Å². The molecule has 1 aromatic carbocycles. The van der Waals surface area contributed by atoms with E-state index in [1.54, 1.807) is 14.0 Å². The molecule has 0 heterocycles. The average Bonchev–Trinajstić information content (AvgIpc) is 2.45. The lowest BCUT2D eigenvalue weighted by Crippen LogP contribution is -2.31. The molecule has 0 aliphatic carbocycles. The molecule has 0 radical (unpaired) electrons. The predicted octanol–water partition coefficient (Wildman–Crippen LogP) is 2.98. The summed E-state index contributed by atoms with van der Waals surface area (Å²) in [5, 5.41) is 13.5. The Morgan fingerprint density at radius 1 is 1.33 bits per heavy atom. The Morgan fingerprint density at radius 3 is 2.62 bits per heavy atom. The van der Waals surface area contributed by atoms with E-state index in [-0.39, 0.29) is 6.61 Å². The number of benzene rings is 1. The standard InChI is InChI=1S/C17H29NO3/c1-6-17(4,19)12-21-16-8-7-15(20-5)9-14(16)11-18-10-13(2)3/h7-9,13,18-19H,6,10-12H2,1-5H3. The Morgan fingerprint density at radius 2 is 2.05 bits per heavy atom. The molecule has 2 N–H and O–H groups in total. The maximum absolute atomic E-state index is 10.1. The van der Waals surface area contributed by atoms with Gasteiger partial charge in [0.05, 0.1) is 12.7 Å². The van der Waals surface area contributed by atoms with Crippen LogP contribution in [0.5, 0.6) is 11.5 Å². The highest BCUT2D eigenvalue weighted by atomic mass is 16.5. The van der Waals surface area contributed by atoms with Gasteiger partial charge in [0, 0.05) is 12.1 Å². The van der Waals surface area contributed by atoms with Gasteiger partial charge in [0.15, 0.2) is 0 Å². The Hall–Kier alpha value is -1.26. The molecule has 21 heavy (non-hydrogen) atoms. The highest BCUT2D eigenvalue weighted by molar-refractivity contribution is 5.40. The van der Waals surface area contributed by atoms with Crippen LogP contribution in [0.25, 0.3) is 0 Å². The topological polar surface area (TPSA) is 50.7 Å². The summed E-state index contributed by atoms with van der Waals surface area (Å²) in [7, 11) is 1.66. The van der Waals surface area contributed by atoms with Crippen molar-refractivity contribution in [3.8, 4) is 11.5 Å². The van der Waals surface area contributed by atoms with Gasteiger partial charge in [-0.1, -0.05) is 20.8 Å². The van der Waals surface area contributed by atoms with Gasteiger partial charge >= 0.3 is 0 Å². The van der Waals surface area contributed by atoms with Gasteiger partial charge in [-0.05, 0) is 44.0 Å². The molecule has 1 atom stereocenters. The molecule has 4 heteroatoms. The molecule has 0 amide bonds. The second-order valence-corrected chi connectivity index (χ2v) is 6.14. The first-order chi connectivity index (χ1) is 9.88. The summed E-state index contributed by atoms with van der Waals surface area (Å²) < 4.78 is 11.1. The van der Waals surface area contributed by atoms with E-state index in [4.69, 9.17) is 9.47 Å².